The fourth-order valence-corrected chi connectivity index (χ4v) is 3.54. The first kappa shape index (κ1) is 19.9. The molecule has 2 atom stereocenters. The molecular formula is C19H18F3N5O3. The summed E-state index contributed by atoms with van der Waals surface area (Å²) in [6.07, 6.45) is -4.73. The molecule has 0 saturated carbocycles. The van der Waals surface area contributed by atoms with Crippen LogP contribution in [0.1, 0.15) is 41.0 Å². The van der Waals surface area contributed by atoms with E-state index < -0.39 is 24.2 Å². The molecule has 0 unspecified atom stereocenters. The van der Waals surface area contributed by atoms with Crippen molar-refractivity contribution in [2.45, 2.75) is 31.1 Å². The van der Waals surface area contributed by atoms with E-state index in [-0.39, 0.29) is 37.7 Å². The van der Waals surface area contributed by atoms with E-state index in [1.807, 2.05) is 6.07 Å². The molecule has 0 saturated heterocycles. The van der Waals surface area contributed by atoms with Crippen LogP contribution < -0.4 is 14.8 Å². The quantitative estimate of drug-likeness (QED) is 0.815. The minimum atomic E-state index is -4.55. The van der Waals surface area contributed by atoms with Crippen molar-refractivity contribution >= 4 is 11.7 Å². The normalized spacial score (nSPS) is 19.6. The molecular weight excluding hydrogens is 403 g/mol. The zero-order chi connectivity index (χ0) is 21.5. The molecule has 0 aliphatic carbocycles. The number of hydrogen-bond donors (Lipinski definition) is 1. The van der Waals surface area contributed by atoms with Crippen molar-refractivity contribution < 1.29 is 27.4 Å². The van der Waals surface area contributed by atoms with Crippen LogP contribution in [0.4, 0.5) is 19.0 Å². The van der Waals surface area contributed by atoms with Gasteiger partial charge in [0.2, 0.25) is 6.79 Å². The van der Waals surface area contributed by atoms with Crippen molar-refractivity contribution in [1.82, 2.24) is 14.7 Å². The Morgan fingerprint density at radius 3 is 2.87 bits per heavy atom. The molecule has 3 heterocycles. The smallest absolute Gasteiger partial charge is 0.410 e. The Balaban J connectivity index is 1.65. The molecule has 1 aromatic carbocycles. The van der Waals surface area contributed by atoms with E-state index in [4.69, 9.17) is 14.7 Å². The first-order chi connectivity index (χ1) is 14.3. The van der Waals surface area contributed by atoms with Gasteiger partial charge in [-0.25, -0.2) is 4.68 Å². The Morgan fingerprint density at radius 2 is 2.13 bits per heavy atom. The van der Waals surface area contributed by atoms with Crippen molar-refractivity contribution in [2.24, 2.45) is 0 Å². The lowest BCUT2D eigenvalue weighted by Gasteiger charge is -2.33. The number of anilines is 1. The molecule has 2 aliphatic rings. The van der Waals surface area contributed by atoms with Crippen LogP contribution in [0, 0.1) is 11.3 Å². The van der Waals surface area contributed by atoms with Gasteiger partial charge in [-0.05, 0) is 17.7 Å². The van der Waals surface area contributed by atoms with Crippen LogP contribution in [-0.2, 0) is 0 Å². The molecule has 4 rings (SSSR count). The first-order valence-electron chi connectivity index (χ1n) is 9.22. The summed E-state index contributed by atoms with van der Waals surface area (Å²) in [6, 6.07) is 5.68. The maximum Gasteiger partial charge on any atom is 0.410 e. The number of fused-ring (bicyclic) bond motifs is 2. The Hall–Kier alpha value is -3.42. The van der Waals surface area contributed by atoms with E-state index in [1.165, 1.54) is 18.0 Å². The minimum Gasteiger partial charge on any atom is -0.454 e. The molecule has 0 spiro atoms. The van der Waals surface area contributed by atoms with E-state index in [0.29, 0.717) is 17.1 Å². The average Bonchev–Trinajstić information content (AvgIpc) is 3.35. The number of alkyl halides is 3. The SMILES string of the molecule is CN(CCC#N)C(=O)c1cc2n(n1)[C@@H](C(F)(F)F)C[C@H](c1ccc3c(c1)OCO3)N2. The highest BCUT2D eigenvalue weighted by Crippen LogP contribution is 2.45. The molecule has 0 radical (unpaired) electrons. The number of carbonyl (C=O) groups is 1. The van der Waals surface area contributed by atoms with Crippen molar-refractivity contribution in [3.05, 3.63) is 35.5 Å². The highest BCUT2D eigenvalue weighted by Gasteiger charge is 2.47. The number of benzene rings is 1. The Kier molecular flexibility index (Phi) is 4.93. The largest absolute Gasteiger partial charge is 0.454 e. The Labute approximate surface area is 169 Å². The minimum absolute atomic E-state index is 0.0691. The van der Waals surface area contributed by atoms with Gasteiger partial charge in [0.15, 0.2) is 23.2 Å². The average molecular weight is 421 g/mol. The van der Waals surface area contributed by atoms with Crippen LogP contribution in [0.2, 0.25) is 0 Å². The van der Waals surface area contributed by atoms with E-state index in [2.05, 4.69) is 10.4 Å². The van der Waals surface area contributed by atoms with Crippen LogP contribution in [0.25, 0.3) is 0 Å². The third kappa shape index (κ3) is 3.60. The Morgan fingerprint density at radius 1 is 1.37 bits per heavy atom. The van der Waals surface area contributed by atoms with Gasteiger partial charge in [0.05, 0.1) is 18.5 Å². The van der Waals surface area contributed by atoms with E-state index in [1.54, 1.807) is 18.2 Å². The summed E-state index contributed by atoms with van der Waals surface area (Å²) in [7, 11) is 1.47. The molecule has 2 aliphatic heterocycles. The van der Waals surface area contributed by atoms with Crippen molar-refractivity contribution in [3.8, 4) is 17.6 Å². The summed E-state index contributed by atoms with van der Waals surface area (Å²) in [5, 5.41) is 15.6. The van der Waals surface area contributed by atoms with Gasteiger partial charge in [-0.1, -0.05) is 6.07 Å². The molecule has 1 amide bonds. The summed E-state index contributed by atoms with van der Waals surface area (Å²) in [5.74, 6) is 0.574. The van der Waals surface area contributed by atoms with Crippen LogP contribution in [-0.4, -0.2) is 47.1 Å². The zero-order valence-corrected chi connectivity index (χ0v) is 15.9. The zero-order valence-electron chi connectivity index (χ0n) is 15.9. The number of carbonyl (C=O) groups excluding carboxylic acids is 1. The van der Waals surface area contributed by atoms with Gasteiger partial charge in [0.25, 0.3) is 5.91 Å². The number of rotatable bonds is 4. The third-order valence-electron chi connectivity index (χ3n) is 5.11. The van der Waals surface area contributed by atoms with Gasteiger partial charge in [-0.3, -0.25) is 4.79 Å². The third-order valence-corrected chi connectivity index (χ3v) is 5.11. The van der Waals surface area contributed by atoms with Gasteiger partial charge in [-0.15, -0.1) is 0 Å². The maximum atomic E-state index is 13.8. The van der Waals surface area contributed by atoms with Crippen molar-refractivity contribution in [2.75, 3.05) is 25.7 Å². The monoisotopic (exact) mass is 421 g/mol. The number of aromatic nitrogens is 2. The summed E-state index contributed by atoms with van der Waals surface area (Å²) < 4.78 is 52.8. The van der Waals surface area contributed by atoms with E-state index in [9.17, 15) is 18.0 Å². The number of halogens is 3. The van der Waals surface area contributed by atoms with Gasteiger partial charge < -0.3 is 19.7 Å². The predicted octanol–water partition coefficient (Wildman–Crippen LogP) is 3.26. The number of nitriles is 1. The first-order valence-corrected chi connectivity index (χ1v) is 9.22. The molecule has 2 aromatic rings. The lowest BCUT2D eigenvalue weighted by Crippen LogP contribution is -2.36. The van der Waals surface area contributed by atoms with Crippen LogP contribution in [0.3, 0.4) is 0 Å². The van der Waals surface area contributed by atoms with Crippen molar-refractivity contribution in [3.63, 3.8) is 0 Å². The highest BCUT2D eigenvalue weighted by atomic mass is 19.4. The number of nitrogens with one attached hydrogen (secondary N) is 1. The molecule has 0 bridgehead atoms. The van der Waals surface area contributed by atoms with Crippen LogP contribution in [0.5, 0.6) is 11.5 Å². The van der Waals surface area contributed by atoms with Gasteiger partial charge in [0, 0.05) is 26.1 Å². The molecule has 8 nitrogen and oxygen atoms in total. The topological polar surface area (TPSA) is 92.4 Å². The predicted molar refractivity (Wildman–Crippen MR) is 98.1 cm³/mol. The molecule has 30 heavy (non-hydrogen) atoms. The molecule has 1 aromatic heterocycles. The van der Waals surface area contributed by atoms with Gasteiger partial charge in [-0.2, -0.15) is 23.5 Å². The summed E-state index contributed by atoms with van der Waals surface area (Å²) in [5.41, 5.74) is 0.499. The molecule has 0 fully saturated rings. The van der Waals surface area contributed by atoms with Crippen LogP contribution in [0.15, 0.2) is 24.3 Å². The summed E-state index contributed by atoms with van der Waals surface area (Å²) >= 11 is 0. The fourth-order valence-electron chi connectivity index (χ4n) is 3.54. The Bertz CT molecular complexity index is 1010. The standard InChI is InChI=1S/C19H18F3N5O3/c1-26(6-2-5-23)18(28)13-9-17-24-12(8-16(19(20,21)22)27(17)25-13)11-3-4-14-15(7-11)30-10-29-14/h3-4,7,9,12,16,24H,2,6,8,10H2,1H3/t12-,16-/m1/s1. The highest BCUT2D eigenvalue weighted by molar-refractivity contribution is 5.93. The molecule has 158 valence electrons. The second kappa shape index (κ2) is 7.44. The second-order valence-corrected chi connectivity index (χ2v) is 7.10. The fraction of sp³-hybridized carbons (Fsp3) is 0.421. The molecule has 11 heteroatoms. The van der Waals surface area contributed by atoms with E-state index >= 15 is 0 Å². The van der Waals surface area contributed by atoms with E-state index in [0.717, 1.165) is 4.68 Å². The number of ether oxygens (including phenoxy) is 2. The lowest BCUT2D eigenvalue weighted by atomic mass is 9.96. The van der Waals surface area contributed by atoms with Crippen LogP contribution >= 0.6 is 0 Å². The number of amides is 1. The lowest BCUT2D eigenvalue weighted by molar-refractivity contribution is -0.173. The summed E-state index contributed by atoms with van der Waals surface area (Å²) in [4.78, 5) is 13.8. The summed E-state index contributed by atoms with van der Waals surface area (Å²) in [6.45, 7) is 0.229. The number of nitrogens with zero attached hydrogens (tertiary/aromatic N) is 4. The molecule has 1 N–H and O–H groups in total. The number of hydrogen-bond acceptors (Lipinski definition) is 6. The van der Waals surface area contributed by atoms with Gasteiger partial charge >= 0.3 is 6.18 Å². The second-order valence-electron chi connectivity index (χ2n) is 7.10. The van der Waals surface area contributed by atoms with Gasteiger partial charge in [0.1, 0.15) is 5.82 Å². The maximum absolute atomic E-state index is 13.8. The van der Waals surface area contributed by atoms with Crippen molar-refractivity contribution in [1.29, 1.82) is 5.26 Å².